The van der Waals surface area contributed by atoms with E-state index >= 15 is 0 Å². The van der Waals surface area contributed by atoms with Crippen molar-refractivity contribution in [2.45, 2.75) is 20.3 Å². The molecule has 0 atom stereocenters. The fourth-order valence-corrected chi connectivity index (χ4v) is 4.00. The maximum Gasteiger partial charge on any atom is 0.300 e. The number of halogens is 2. The second-order valence-electron chi connectivity index (χ2n) is 7.92. The van der Waals surface area contributed by atoms with Crippen molar-refractivity contribution in [2.24, 2.45) is 4.99 Å². The number of aliphatic imine (C=N–C) groups is 1. The number of hydrogen-bond donors (Lipinski definition) is 2. The lowest BCUT2D eigenvalue weighted by Gasteiger charge is -2.34. The van der Waals surface area contributed by atoms with E-state index in [-0.39, 0.29) is 0 Å². The first-order valence-electron chi connectivity index (χ1n) is 10.7. The Labute approximate surface area is 208 Å². The minimum absolute atomic E-state index is 0.723. The van der Waals surface area contributed by atoms with Crippen LogP contribution in [0.3, 0.4) is 0 Å². The summed E-state index contributed by atoms with van der Waals surface area (Å²) in [6.45, 7) is 3.18. The molecule has 0 saturated carbocycles. The number of carbonyl (C=O) groups is 1. The van der Waals surface area contributed by atoms with Gasteiger partial charge in [0.05, 0.1) is 22.8 Å². The van der Waals surface area contributed by atoms with Crippen LogP contribution in [0.5, 0.6) is 0 Å². The molecular formula is C27H23Cl2N3O2. The highest BCUT2D eigenvalue weighted by Gasteiger charge is 2.27. The highest BCUT2D eigenvalue weighted by atomic mass is 35.5. The maximum atomic E-state index is 9.00. The monoisotopic (exact) mass is 491 g/mol. The van der Waals surface area contributed by atoms with Crippen molar-refractivity contribution in [3.8, 4) is 0 Å². The lowest BCUT2D eigenvalue weighted by Crippen LogP contribution is -2.27. The molecule has 34 heavy (non-hydrogen) atoms. The molecule has 1 aliphatic carbocycles. The minimum atomic E-state index is -0.833. The number of anilines is 3. The SMILES string of the molecule is CC(=O)O.Cc1ccc2c(c1)N(c1ccc(Cl)cc1)C1=CCC(Nc3ccc(Cl)cc3)=CC1=N2. The number of fused-ring (bicyclic) bond motifs is 2. The Balaban J connectivity index is 0.000000636. The molecule has 1 heterocycles. The van der Waals surface area contributed by atoms with Crippen LogP contribution < -0.4 is 10.2 Å². The van der Waals surface area contributed by atoms with Crippen LogP contribution in [0, 0.1) is 6.92 Å². The third kappa shape index (κ3) is 5.50. The number of carboxylic acids is 1. The van der Waals surface area contributed by atoms with E-state index in [2.05, 4.69) is 47.5 Å². The van der Waals surface area contributed by atoms with E-state index < -0.39 is 5.97 Å². The van der Waals surface area contributed by atoms with Gasteiger partial charge < -0.3 is 15.3 Å². The molecule has 0 saturated heterocycles. The van der Waals surface area contributed by atoms with Crippen LogP contribution in [-0.2, 0) is 4.79 Å². The summed E-state index contributed by atoms with van der Waals surface area (Å²) in [5, 5.41) is 12.3. The maximum absolute atomic E-state index is 9.00. The normalized spacial score (nSPS) is 13.9. The molecule has 0 spiro atoms. The van der Waals surface area contributed by atoms with Crippen molar-refractivity contribution in [2.75, 3.05) is 10.2 Å². The van der Waals surface area contributed by atoms with Crippen LogP contribution in [-0.4, -0.2) is 16.8 Å². The fourth-order valence-electron chi connectivity index (χ4n) is 3.75. The van der Waals surface area contributed by atoms with Crippen molar-refractivity contribution >= 4 is 57.6 Å². The van der Waals surface area contributed by atoms with Gasteiger partial charge in [-0.3, -0.25) is 4.79 Å². The third-order valence-corrected chi connectivity index (χ3v) is 5.68. The summed E-state index contributed by atoms with van der Waals surface area (Å²) in [7, 11) is 0. The second-order valence-corrected chi connectivity index (χ2v) is 8.79. The zero-order valence-electron chi connectivity index (χ0n) is 18.7. The molecule has 172 valence electrons. The van der Waals surface area contributed by atoms with Gasteiger partial charge in [0.15, 0.2) is 0 Å². The van der Waals surface area contributed by atoms with E-state index in [1.165, 1.54) is 5.56 Å². The number of nitrogens with one attached hydrogen (secondary N) is 1. The molecule has 5 rings (SSSR count). The Bertz CT molecular complexity index is 1310. The molecule has 0 amide bonds. The zero-order chi connectivity index (χ0) is 24.2. The molecule has 0 fully saturated rings. The predicted molar refractivity (Wildman–Crippen MR) is 141 cm³/mol. The van der Waals surface area contributed by atoms with Crippen LogP contribution >= 0.6 is 23.2 Å². The van der Waals surface area contributed by atoms with E-state index in [9.17, 15) is 0 Å². The molecule has 3 aromatic carbocycles. The number of aliphatic carboxylic acids is 1. The van der Waals surface area contributed by atoms with Crippen molar-refractivity contribution in [3.63, 3.8) is 0 Å². The van der Waals surface area contributed by atoms with Crippen LogP contribution in [0.2, 0.25) is 10.0 Å². The van der Waals surface area contributed by atoms with Crippen LogP contribution in [0.4, 0.5) is 22.7 Å². The summed E-state index contributed by atoms with van der Waals surface area (Å²) in [4.78, 5) is 16.2. The van der Waals surface area contributed by atoms with Gasteiger partial charge in [-0.25, -0.2) is 4.99 Å². The smallest absolute Gasteiger partial charge is 0.300 e. The third-order valence-electron chi connectivity index (χ3n) is 5.18. The molecule has 0 bridgehead atoms. The van der Waals surface area contributed by atoms with Crippen LogP contribution in [0.1, 0.15) is 18.9 Å². The van der Waals surface area contributed by atoms with Crippen molar-refractivity contribution in [3.05, 3.63) is 106 Å². The van der Waals surface area contributed by atoms with Gasteiger partial charge in [0, 0.05) is 40.5 Å². The molecule has 1 aliphatic heterocycles. The summed E-state index contributed by atoms with van der Waals surface area (Å²) in [6.07, 6.45) is 5.12. The largest absolute Gasteiger partial charge is 0.481 e. The molecule has 0 unspecified atom stereocenters. The van der Waals surface area contributed by atoms with E-state index in [1.807, 2.05) is 48.5 Å². The highest BCUT2D eigenvalue weighted by molar-refractivity contribution is 6.31. The molecule has 2 N–H and O–H groups in total. The first-order chi connectivity index (χ1) is 16.3. The Morgan fingerprint density at radius 3 is 2.26 bits per heavy atom. The summed E-state index contributed by atoms with van der Waals surface area (Å²) < 4.78 is 0. The quantitative estimate of drug-likeness (QED) is 0.390. The number of allylic oxidation sites excluding steroid dienone is 2. The number of hydrogen-bond acceptors (Lipinski definition) is 4. The number of nitrogens with zero attached hydrogens (tertiary/aromatic N) is 2. The van der Waals surface area contributed by atoms with Gasteiger partial charge in [-0.05, 0) is 79.2 Å². The molecule has 5 nitrogen and oxygen atoms in total. The highest BCUT2D eigenvalue weighted by Crippen LogP contribution is 2.43. The lowest BCUT2D eigenvalue weighted by molar-refractivity contribution is -0.134. The molecular weight excluding hydrogens is 469 g/mol. The number of aryl methyl sites for hydroxylation is 1. The van der Waals surface area contributed by atoms with Crippen molar-refractivity contribution in [1.29, 1.82) is 0 Å². The molecule has 0 aromatic heterocycles. The van der Waals surface area contributed by atoms with Crippen LogP contribution in [0.25, 0.3) is 0 Å². The number of carboxylic acid groups (broad SMARTS) is 1. The predicted octanol–water partition coefficient (Wildman–Crippen LogP) is 7.90. The topological polar surface area (TPSA) is 64.9 Å². The average molecular weight is 492 g/mol. The fraction of sp³-hybridized carbons (Fsp3) is 0.111. The van der Waals surface area contributed by atoms with Crippen molar-refractivity contribution in [1.82, 2.24) is 0 Å². The Hall–Kier alpha value is -3.54. The van der Waals surface area contributed by atoms with E-state index in [1.54, 1.807) is 0 Å². The Kier molecular flexibility index (Phi) is 7.06. The van der Waals surface area contributed by atoms with Gasteiger partial charge in [-0.15, -0.1) is 0 Å². The van der Waals surface area contributed by atoms with Gasteiger partial charge in [0.25, 0.3) is 5.97 Å². The second kappa shape index (κ2) is 10.2. The summed E-state index contributed by atoms with van der Waals surface area (Å²) >= 11 is 12.1. The molecule has 3 aromatic rings. The summed E-state index contributed by atoms with van der Waals surface area (Å²) in [5.41, 5.74) is 8.40. The number of benzene rings is 3. The first-order valence-corrected chi connectivity index (χ1v) is 11.4. The average Bonchev–Trinajstić information content (AvgIpc) is 2.79. The molecule has 0 radical (unpaired) electrons. The van der Waals surface area contributed by atoms with Crippen molar-refractivity contribution < 1.29 is 9.90 Å². The van der Waals surface area contributed by atoms with Gasteiger partial charge >= 0.3 is 0 Å². The molecule has 7 heteroatoms. The first kappa shape index (κ1) is 23.6. The Morgan fingerprint density at radius 2 is 1.62 bits per heavy atom. The summed E-state index contributed by atoms with van der Waals surface area (Å²) in [5.74, 6) is -0.833. The zero-order valence-corrected chi connectivity index (χ0v) is 20.2. The summed E-state index contributed by atoms with van der Waals surface area (Å²) in [6, 6.07) is 22.0. The lowest BCUT2D eigenvalue weighted by atomic mass is 10.00. The van der Waals surface area contributed by atoms with Crippen LogP contribution in [0.15, 0.2) is 95.3 Å². The van der Waals surface area contributed by atoms with Gasteiger partial charge in [-0.2, -0.15) is 0 Å². The number of rotatable bonds is 3. The van der Waals surface area contributed by atoms with Gasteiger partial charge in [0.1, 0.15) is 0 Å². The van der Waals surface area contributed by atoms with Gasteiger partial charge in [0.2, 0.25) is 0 Å². The minimum Gasteiger partial charge on any atom is -0.481 e. The van der Waals surface area contributed by atoms with E-state index in [0.717, 1.165) is 63.2 Å². The molecule has 2 aliphatic rings. The Morgan fingerprint density at radius 1 is 1.00 bits per heavy atom. The van der Waals surface area contributed by atoms with Gasteiger partial charge in [-0.1, -0.05) is 35.3 Å². The van der Waals surface area contributed by atoms with E-state index in [0.29, 0.717) is 0 Å². The standard InChI is InChI=1S/C25H19Cl2N3.C2H4O2/c1-16-2-12-22-25(14-16)30(21-10-5-18(27)6-11-21)24-13-9-20(15-23(24)29-22)28-19-7-3-17(26)4-8-19;1-2(3)4/h2-8,10-15,28H,9H2,1H3;1H3,(H,3,4). The van der Waals surface area contributed by atoms with E-state index in [4.69, 9.17) is 38.1 Å².